The number of hydrogen-bond acceptors (Lipinski definition) is 5. The minimum absolute atomic E-state index is 0.115. The topological polar surface area (TPSA) is 99.5 Å². The molecule has 0 bridgehead atoms. The highest BCUT2D eigenvalue weighted by molar-refractivity contribution is 7.89. The first-order valence-electron chi connectivity index (χ1n) is 13.4. The molecule has 1 aliphatic carbocycles. The van der Waals surface area contributed by atoms with E-state index in [9.17, 15) is 14.1 Å². The van der Waals surface area contributed by atoms with Gasteiger partial charge in [0, 0.05) is 30.0 Å². The van der Waals surface area contributed by atoms with Gasteiger partial charge in [0.15, 0.2) is 0 Å². The molecule has 2 heterocycles. The Kier molecular flexibility index (Phi) is 7.95. The maximum atomic E-state index is 12.5. The number of nitrogens with zero attached hydrogens (tertiary/aromatic N) is 3. The van der Waals surface area contributed by atoms with Crippen LogP contribution in [0.15, 0.2) is 42.5 Å². The lowest BCUT2D eigenvalue weighted by atomic mass is 9.81. The van der Waals surface area contributed by atoms with Gasteiger partial charge in [0.1, 0.15) is 12.1 Å². The first-order chi connectivity index (χ1) is 18.4. The van der Waals surface area contributed by atoms with Gasteiger partial charge in [-0.25, -0.2) is 9.78 Å². The molecular formula is C29H36N4O4S. The zero-order valence-electron chi connectivity index (χ0n) is 22.3. The summed E-state index contributed by atoms with van der Waals surface area (Å²) in [5.74, 6) is 1.06. The Morgan fingerprint density at radius 2 is 1.89 bits per heavy atom. The van der Waals surface area contributed by atoms with Gasteiger partial charge in [-0.1, -0.05) is 36.4 Å². The number of benzene rings is 2. The fourth-order valence-corrected chi connectivity index (χ4v) is 6.58. The molecule has 0 saturated heterocycles. The van der Waals surface area contributed by atoms with Crippen molar-refractivity contribution in [3.63, 3.8) is 0 Å². The number of fused-ring (bicyclic) bond motifs is 3. The summed E-state index contributed by atoms with van der Waals surface area (Å²) in [7, 11) is 1.42. The SMILES string of the molecule is COC(=O)N1CCc2ccc3c(nc(C4CCC(C(=O)N[S+](C)[O-])CC4)n3[C@H](C)Cc3ccccc3)c2C1. The summed E-state index contributed by atoms with van der Waals surface area (Å²) in [6, 6.07) is 15.1. The lowest BCUT2D eigenvalue weighted by molar-refractivity contribution is -0.124. The van der Waals surface area contributed by atoms with Crippen LogP contribution in [0.3, 0.4) is 0 Å². The highest BCUT2D eigenvalue weighted by atomic mass is 32.2. The van der Waals surface area contributed by atoms with Crippen molar-refractivity contribution in [2.45, 2.75) is 64.0 Å². The standard InChI is InChI=1S/C29H36N4O4S/c1-19(17-20-7-5-4-6-8-20)33-25-14-13-21-15-16-32(29(35)37-2)18-24(21)26(25)30-27(33)22-9-11-23(12-10-22)28(34)31-38(3)36/h4-8,13-14,19,22-23H,9-12,15-18H2,1-3H3,(H,31,34)/t19-,22?,23?,38?/m1/s1. The molecule has 5 rings (SSSR count). The Balaban J connectivity index is 1.50. The predicted molar refractivity (Wildman–Crippen MR) is 148 cm³/mol. The molecule has 1 saturated carbocycles. The van der Waals surface area contributed by atoms with Crippen LogP contribution < -0.4 is 4.72 Å². The smallest absolute Gasteiger partial charge is 0.409 e. The molecule has 9 heteroatoms. The van der Waals surface area contributed by atoms with E-state index in [1.165, 1.54) is 24.5 Å². The second kappa shape index (κ2) is 11.4. The van der Waals surface area contributed by atoms with E-state index in [-0.39, 0.29) is 29.9 Å². The van der Waals surface area contributed by atoms with Gasteiger partial charge < -0.3 is 18.8 Å². The van der Waals surface area contributed by atoms with Crippen molar-refractivity contribution in [3.8, 4) is 0 Å². The van der Waals surface area contributed by atoms with Crippen LogP contribution in [-0.4, -0.2) is 50.9 Å². The van der Waals surface area contributed by atoms with Crippen molar-refractivity contribution in [1.82, 2.24) is 19.2 Å². The maximum absolute atomic E-state index is 12.5. The van der Waals surface area contributed by atoms with Gasteiger partial charge in [0.25, 0.3) is 5.91 Å². The third-order valence-corrected chi connectivity index (χ3v) is 8.53. The zero-order valence-corrected chi connectivity index (χ0v) is 23.1. The van der Waals surface area contributed by atoms with Crippen LogP contribution in [0.1, 0.15) is 67.1 Å². The third kappa shape index (κ3) is 5.40. The number of amides is 2. The summed E-state index contributed by atoms with van der Waals surface area (Å²) in [6.45, 7) is 3.37. The van der Waals surface area contributed by atoms with E-state index in [1.54, 1.807) is 4.90 Å². The molecule has 202 valence electrons. The summed E-state index contributed by atoms with van der Waals surface area (Å²) in [5, 5.41) is 0. The molecule has 1 fully saturated rings. The van der Waals surface area contributed by atoms with Gasteiger partial charge in [-0.3, -0.25) is 4.79 Å². The normalized spacial score (nSPS) is 21.0. The number of rotatable bonds is 6. The van der Waals surface area contributed by atoms with Gasteiger partial charge >= 0.3 is 6.09 Å². The van der Waals surface area contributed by atoms with Crippen LogP contribution in [0.2, 0.25) is 0 Å². The van der Waals surface area contributed by atoms with Crippen molar-refractivity contribution >= 4 is 34.4 Å². The average Bonchev–Trinajstić information content (AvgIpc) is 3.33. The van der Waals surface area contributed by atoms with Crippen molar-refractivity contribution in [2.75, 3.05) is 19.9 Å². The highest BCUT2D eigenvalue weighted by Crippen LogP contribution is 2.40. The molecule has 0 radical (unpaired) electrons. The summed E-state index contributed by atoms with van der Waals surface area (Å²) in [4.78, 5) is 31.8. The molecule has 2 aromatic carbocycles. The molecule has 1 aliphatic heterocycles. The maximum Gasteiger partial charge on any atom is 0.409 e. The first kappa shape index (κ1) is 26.6. The largest absolute Gasteiger partial charge is 0.593 e. The molecule has 2 amide bonds. The lowest BCUT2D eigenvalue weighted by Gasteiger charge is -2.29. The molecule has 3 aromatic rings. The third-order valence-electron chi connectivity index (χ3n) is 8.05. The van der Waals surface area contributed by atoms with Crippen LogP contribution in [0.4, 0.5) is 4.79 Å². The first-order valence-corrected chi connectivity index (χ1v) is 14.9. The van der Waals surface area contributed by atoms with Crippen LogP contribution in [0.25, 0.3) is 11.0 Å². The Morgan fingerprint density at radius 3 is 2.58 bits per heavy atom. The molecule has 2 aliphatic rings. The van der Waals surface area contributed by atoms with E-state index in [4.69, 9.17) is 9.72 Å². The summed E-state index contributed by atoms with van der Waals surface area (Å²) >= 11 is -1.34. The van der Waals surface area contributed by atoms with Crippen LogP contribution in [0, 0.1) is 5.92 Å². The number of carbonyl (C=O) groups excluding carboxylic acids is 2. The number of ether oxygens (including phenoxy) is 1. The number of carbonyl (C=O) groups is 2. The van der Waals surface area contributed by atoms with E-state index >= 15 is 0 Å². The number of aromatic nitrogens is 2. The number of hydrogen-bond donors (Lipinski definition) is 1. The Hall–Kier alpha value is -3.04. The van der Waals surface area contributed by atoms with Crippen LogP contribution in [0.5, 0.6) is 0 Å². The van der Waals surface area contributed by atoms with E-state index in [0.29, 0.717) is 13.1 Å². The lowest BCUT2D eigenvalue weighted by Crippen LogP contribution is -2.36. The predicted octanol–water partition coefficient (Wildman–Crippen LogP) is 4.65. The van der Waals surface area contributed by atoms with E-state index in [2.05, 4.69) is 52.6 Å². The van der Waals surface area contributed by atoms with Gasteiger partial charge in [-0.05, 0) is 62.6 Å². The van der Waals surface area contributed by atoms with Gasteiger partial charge in [0.05, 0.1) is 36.0 Å². The van der Waals surface area contributed by atoms with E-state index in [0.717, 1.165) is 60.9 Å². The van der Waals surface area contributed by atoms with Gasteiger partial charge in [0.2, 0.25) is 0 Å². The minimum Gasteiger partial charge on any atom is -0.593 e. The van der Waals surface area contributed by atoms with Gasteiger partial charge in [-0.15, -0.1) is 0 Å². The monoisotopic (exact) mass is 536 g/mol. The zero-order chi connectivity index (χ0) is 26.8. The molecule has 2 atom stereocenters. The van der Waals surface area contributed by atoms with E-state index < -0.39 is 11.4 Å². The molecular weight excluding hydrogens is 500 g/mol. The molecule has 0 spiro atoms. The summed E-state index contributed by atoms with van der Waals surface area (Å²) in [5.41, 5.74) is 5.67. The van der Waals surface area contributed by atoms with Crippen molar-refractivity contribution < 1.29 is 18.9 Å². The Morgan fingerprint density at radius 1 is 1.16 bits per heavy atom. The molecule has 38 heavy (non-hydrogen) atoms. The number of imidazole rings is 1. The van der Waals surface area contributed by atoms with Gasteiger partial charge in [-0.2, -0.15) is 4.72 Å². The molecule has 1 unspecified atom stereocenters. The highest BCUT2D eigenvalue weighted by Gasteiger charge is 2.33. The fraction of sp³-hybridized carbons (Fsp3) is 0.483. The van der Waals surface area contributed by atoms with Crippen LogP contribution >= 0.6 is 0 Å². The summed E-state index contributed by atoms with van der Waals surface area (Å²) in [6.07, 6.45) is 6.04. The number of methoxy groups -OCH3 is 1. The Bertz CT molecular complexity index is 1300. The average molecular weight is 537 g/mol. The molecule has 8 nitrogen and oxygen atoms in total. The fourth-order valence-electron chi connectivity index (χ4n) is 6.13. The van der Waals surface area contributed by atoms with E-state index in [1.807, 2.05) is 6.07 Å². The van der Waals surface area contributed by atoms with Crippen molar-refractivity contribution in [3.05, 3.63) is 65.0 Å². The quantitative estimate of drug-likeness (QED) is 0.463. The minimum atomic E-state index is -1.34. The van der Waals surface area contributed by atoms with Crippen molar-refractivity contribution in [1.29, 1.82) is 0 Å². The number of nitrogens with one attached hydrogen (secondary N) is 1. The Labute approximate surface area is 227 Å². The van der Waals surface area contributed by atoms with Crippen molar-refractivity contribution in [2.24, 2.45) is 5.92 Å². The molecule has 1 N–H and O–H groups in total. The second-order valence-electron chi connectivity index (χ2n) is 10.6. The second-order valence-corrected chi connectivity index (χ2v) is 11.7. The summed E-state index contributed by atoms with van der Waals surface area (Å²) < 4.78 is 21.5. The molecule has 1 aromatic heterocycles. The van der Waals surface area contributed by atoms with Crippen LogP contribution in [-0.2, 0) is 40.3 Å².